The highest BCUT2D eigenvalue weighted by atomic mass is 16.3. The van der Waals surface area contributed by atoms with Gasteiger partial charge in [-0.05, 0) is 38.1 Å². The number of carbonyl (C=O) groups is 1. The van der Waals surface area contributed by atoms with Crippen LogP contribution in [0.3, 0.4) is 0 Å². The summed E-state index contributed by atoms with van der Waals surface area (Å²) < 4.78 is 0. The molecule has 16 heavy (non-hydrogen) atoms. The molecular weight excluding hydrogens is 204 g/mol. The molecule has 2 rings (SSSR count). The quantitative estimate of drug-likeness (QED) is 0.723. The van der Waals surface area contributed by atoms with Crippen LogP contribution < -0.4 is 5.32 Å². The van der Waals surface area contributed by atoms with Crippen LogP contribution in [-0.4, -0.2) is 48.7 Å². The van der Waals surface area contributed by atoms with E-state index in [1.165, 1.54) is 0 Å². The molecule has 2 N–H and O–H groups in total. The Morgan fingerprint density at radius 1 is 1.50 bits per heavy atom. The average Bonchev–Trinajstić information content (AvgIpc) is 2.27. The lowest BCUT2D eigenvalue weighted by molar-refractivity contribution is -0.136. The lowest BCUT2D eigenvalue weighted by Gasteiger charge is -2.36. The van der Waals surface area contributed by atoms with Gasteiger partial charge in [0.1, 0.15) is 0 Å². The number of amides is 1. The van der Waals surface area contributed by atoms with E-state index in [0.29, 0.717) is 5.92 Å². The van der Waals surface area contributed by atoms with Gasteiger partial charge >= 0.3 is 0 Å². The second-order valence-corrected chi connectivity index (χ2v) is 5.25. The standard InChI is InChI=1S/C12H22N2O2/c1-14(8-9-5-11(15)6-9)12(16)10-3-2-4-13-7-10/h9-11,13,15H,2-8H2,1H3/t9?,10-,11?/m0/s1. The predicted molar refractivity (Wildman–Crippen MR) is 62.0 cm³/mol. The molecular formula is C12H22N2O2. The molecule has 0 spiro atoms. The van der Waals surface area contributed by atoms with Crippen molar-refractivity contribution < 1.29 is 9.90 Å². The fourth-order valence-corrected chi connectivity index (χ4v) is 2.70. The van der Waals surface area contributed by atoms with Crippen molar-refractivity contribution in [1.29, 1.82) is 0 Å². The first kappa shape index (κ1) is 11.9. The van der Waals surface area contributed by atoms with Crippen molar-refractivity contribution in [2.75, 3.05) is 26.7 Å². The number of nitrogens with one attached hydrogen (secondary N) is 1. The van der Waals surface area contributed by atoms with Crippen LogP contribution in [0.25, 0.3) is 0 Å². The van der Waals surface area contributed by atoms with E-state index >= 15 is 0 Å². The van der Waals surface area contributed by atoms with Crippen LogP contribution in [0.4, 0.5) is 0 Å². The van der Waals surface area contributed by atoms with E-state index < -0.39 is 0 Å². The molecule has 92 valence electrons. The van der Waals surface area contributed by atoms with Crippen LogP contribution in [0.5, 0.6) is 0 Å². The Bertz CT molecular complexity index is 245. The minimum absolute atomic E-state index is 0.121. The van der Waals surface area contributed by atoms with Gasteiger partial charge in [0.25, 0.3) is 0 Å². The normalized spacial score (nSPS) is 34.2. The topological polar surface area (TPSA) is 52.6 Å². The highest BCUT2D eigenvalue weighted by Crippen LogP contribution is 2.28. The van der Waals surface area contributed by atoms with Gasteiger partial charge in [0.15, 0.2) is 0 Å². The summed E-state index contributed by atoms with van der Waals surface area (Å²) in [6, 6.07) is 0. The predicted octanol–water partition coefficient (Wildman–Crippen LogP) is 0.215. The summed E-state index contributed by atoms with van der Waals surface area (Å²) >= 11 is 0. The highest BCUT2D eigenvalue weighted by molar-refractivity contribution is 5.78. The first-order valence-corrected chi connectivity index (χ1v) is 6.30. The fourth-order valence-electron chi connectivity index (χ4n) is 2.70. The first-order valence-electron chi connectivity index (χ1n) is 6.30. The molecule has 0 bridgehead atoms. The van der Waals surface area contributed by atoms with E-state index in [4.69, 9.17) is 0 Å². The van der Waals surface area contributed by atoms with Crippen molar-refractivity contribution in [3.05, 3.63) is 0 Å². The molecule has 0 aromatic carbocycles. The second-order valence-electron chi connectivity index (χ2n) is 5.25. The smallest absolute Gasteiger partial charge is 0.226 e. The monoisotopic (exact) mass is 226 g/mol. The number of nitrogens with zero attached hydrogens (tertiary/aromatic N) is 1. The highest BCUT2D eigenvalue weighted by Gasteiger charge is 2.31. The molecule has 2 aliphatic rings. The Morgan fingerprint density at radius 2 is 2.25 bits per heavy atom. The molecule has 1 saturated carbocycles. The third-order valence-electron chi connectivity index (χ3n) is 3.77. The van der Waals surface area contributed by atoms with Crippen molar-refractivity contribution >= 4 is 5.91 Å². The summed E-state index contributed by atoms with van der Waals surface area (Å²) in [4.78, 5) is 13.9. The summed E-state index contributed by atoms with van der Waals surface area (Å²) in [6.45, 7) is 2.69. The summed E-state index contributed by atoms with van der Waals surface area (Å²) in [7, 11) is 1.89. The third kappa shape index (κ3) is 2.74. The van der Waals surface area contributed by atoms with E-state index in [1.807, 2.05) is 11.9 Å². The van der Waals surface area contributed by atoms with Crippen LogP contribution in [-0.2, 0) is 4.79 Å². The Morgan fingerprint density at radius 3 is 2.81 bits per heavy atom. The zero-order valence-corrected chi connectivity index (χ0v) is 9.98. The molecule has 1 amide bonds. The maximum Gasteiger partial charge on any atom is 0.226 e. The number of hydrogen-bond donors (Lipinski definition) is 2. The Kier molecular flexibility index (Phi) is 3.82. The van der Waals surface area contributed by atoms with Gasteiger partial charge in [-0.25, -0.2) is 0 Å². The maximum atomic E-state index is 12.1. The van der Waals surface area contributed by atoms with Crippen LogP contribution in [0.1, 0.15) is 25.7 Å². The Hall–Kier alpha value is -0.610. The number of aliphatic hydroxyl groups excluding tert-OH is 1. The van der Waals surface area contributed by atoms with Crippen LogP contribution >= 0.6 is 0 Å². The Labute approximate surface area is 97.0 Å². The molecule has 0 unspecified atom stereocenters. The fraction of sp³-hybridized carbons (Fsp3) is 0.917. The number of hydrogen-bond acceptors (Lipinski definition) is 3. The van der Waals surface area contributed by atoms with Gasteiger partial charge in [0, 0.05) is 20.1 Å². The van der Waals surface area contributed by atoms with Crippen molar-refractivity contribution in [2.45, 2.75) is 31.8 Å². The molecule has 0 aromatic heterocycles. The SMILES string of the molecule is CN(CC1CC(O)C1)C(=O)[C@H]1CCCNC1. The number of piperidine rings is 1. The minimum Gasteiger partial charge on any atom is -0.393 e. The van der Waals surface area contributed by atoms with Gasteiger partial charge in [-0.3, -0.25) is 4.79 Å². The second kappa shape index (κ2) is 5.15. The lowest BCUT2D eigenvalue weighted by atomic mass is 9.82. The first-order chi connectivity index (χ1) is 7.66. The van der Waals surface area contributed by atoms with Gasteiger partial charge in [-0.1, -0.05) is 0 Å². The van der Waals surface area contributed by atoms with Crippen molar-refractivity contribution in [3.8, 4) is 0 Å². The minimum atomic E-state index is -0.121. The zero-order valence-electron chi connectivity index (χ0n) is 9.98. The number of aliphatic hydroxyl groups is 1. The summed E-state index contributed by atoms with van der Waals surface area (Å²) in [5.74, 6) is 0.956. The van der Waals surface area contributed by atoms with Gasteiger partial charge < -0.3 is 15.3 Å². The largest absolute Gasteiger partial charge is 0.393 e. The van der Waals surface area contributed by atoms with E-state index in [9.17, 15) is 9.90 Å². The van der Waals surface area contributed by atoms with Gasteiger partial charge in [0.05, 0.1) is 12.0 Å². The molecule has 2 fully saturated rings. The van der Waals surface area contributed by atoms with Crippen molar-refractivity contribution in [1.82, 2.24) is 10.2 Å². The third-order valence-corrected chi connectivity index (χ3v) is 3.77. The molecule has 1 saturated heterocycles. The molecule has 0 radical (unpaired) electrons. The van der Waals surface area contributed by atoms with E-state index in [0.717, 1.165) is 45.3 Å². The maximum absolute atomic E-state index is 12.1. The van der Waals surface area contributed by atoms with Crippen LogP contribution in [0, 0.1) is 11.8 Å². The molecule has 1 aliphatic carbocycles. The molecule has 4 nitrogen and oxygen atoms in total. The molecule has 1 atom stereocenters. The summed E-state index contributed by atoms with van der Waals surface area (Å²) in [5, 5.41) is 12.5. The van der Waals surface area contributed by atoms with E-state index in [-0.39, 0.29) is 17.9 Å². The average molecular weight is 226 g/mol. The van der Waals surface area contributed by atoms with Crippen molar-refractivity contribution in [2.24, 2.45) is 11.8 Å². The Balaban J connectivity index is 1.74. The van der Waals surface area contributed by atoms with Gasteiger partial charge in [-0.15, -0.1) is 0 Å². The molecule has 0 aromatic rings. The van der Waals surface area contributed by atoms with Crippen LogP contribution in [0.15, 0.2) is 0 Å². The van der Waals surface area contributed by atoms with Gasteiger partial charge in [0.2, 0.25) is 5.91 Å². The molecule has 1 aliphatic heterocycles. The van der Waals surface area contributed by atoms with Crippen LogP contribution in [0.2, 0.25) is 0 Å². The molecule has 4 heteroatoms. The summed E-state index contributed by atoms with van der Waals surface area (Å²) in [5.41, 5.74) is 0. The van der Waals surface area contributed by atoms with Crippen molar-refractivity contribution in [3.63, 3.8) is 0 Å². The molecule has 1 heterocycles. The van der Waals surface area contributed by atoms with E-state index in [2.05, 4.69) is 5.32 Å². The van der Waals surface area contributed by atoms with E-state index in [1.54, 1.807) is 0 Å². The lowest BCUT2D eigenvalue weighted by Crippen LogP contribution is -2.45. The zero-order chi connectivity index (χ0) is 11.5. The van der Waals surface area contributed by atoms with Gasteiger partial charge in [-0.2, -0.15) is 0 Å². The summed E-state index contributed by atoms with van der Waals surface area (Å²) in [6.07, 6.45) is 3.72. The number of rotatable bonds is 3. The number of carbonyl (C=O) groups excluding carboxylic acids is 1.